The number of nitrogens with one attached hydrogen (secondary N) is 1. The molecule has 0 aromatic carbocycles. The highest BCUT2D eigenvalue weighted by atomic mass is 35.5. The summed E-state index contributed by atoms with van der Waals surface area (Å²) in [5, 5.41) is 3.64. The molecule has 1 aromatic heterocycles. The Labute approximate surface area is 113 Å². The SMILES string of the molecule is CNCc1cnc(OCCN(C)C2CC2)c(Cl)c1. The Kier molecular flexibility index (Phi) is 4.80. The lowest BCUT2D eigenvalue weighted by molar-refractivity contribution is 0.226. The van der Waals surface area contributed by atoms with Crippen LogP contribution in [0.3, 0.4) is 0 Å². The first-order chi connectivity index (χ1) is 8.70. The van der Waals surface area contributed by atoms with Crippen LogP contribution in [-0.2, 0) is 6.54 Å². The predicted molar refractivity (Wildman–Crippen MR) is 73.2 cm³/mol. The molecule has 1 aliphatic carbocycles. The molecule has 0 unspecified atom stereocenters. The quantitative estimate of drug-likeness (QED) is 0.821. The predicted octanol–water partition coefficient (Wildman–Crippen LogP) is 1.93. The van der Waals surface area contributed by atoms with Crippen molar-refractivity contribution in [3.63, 3.8) is 0 Å². The van der Waals surface area contributed by atoms with Gasteiger partial charge in [0, 0.05) is 25.3 Å². The van der Waals surface area contributed by atoms with E-state index in [1.807, 2.05) is 13.1 Å². The molecular weight excluding hydrogens is 250 g/mol. The van der Waals surface area contributed by atoms with Gasteiger partial charge < -0.3 is 15.0 Å². The van der Waals surface area contributed by atoms with Crippen molar-refractivity contribution in [3.8, 4) is 5.88 Å². The molecule has 0 spiro atoms. The number of pyridine rings is 1. The first kappa shape index (κ1) is 13.6. The van der Waals surface area contributed by atoms with E-state index in [4.69, 9.17) is 16.3 Å². The Bertz CT molecular complexity index is 396. The van der Waals surface area contributed by atoms with Gasteiger partial charge in [-0.25, -0.2) is 4.98 Å². The van der Waals surface area contributed by atoms with Gasteiger partial charge in [0.15, 0.2) is 0 Å². The number of hydrogen-bond donors (Lipinski definition) is 1. The van der Waals surface area contributed by atoms with Gasteiger partial charge in [-0.05, 0) is 38.6 Å². The molecule has 1 heterocycles. The zero-order chi connectivity index (χ0) is 13.0. The Morgan fingerprint density at radius 2 is 2.33 bits per heavy atom. The average molecular weight is 270 g/mol. The molecule has 1 aliphatic rings. The molecular formula is C13H20ClN3O. The molecule has 1 fully saturated rings. The van der Waals surface area contributed by atoms with E-state index in [-0.39, 0.29) is 0 Å². The topological polar surface area (TPSA) is 37.4 Å². The summed E-state index contributed by atoms with van der Waals surface area (Å²) in [4.78, 5) is 6.56. The molecule has 100 valence electrons. The monoisotopic (exact) mass is 269 g/mol. The fourth-order valence-corrected chi connectivity index (χ4v) is 2.10. The molecule has 18 heavy (non-hydrogen) atoms. The first-order valence-corrected chi connectivity index (χ1v) is 6.70. The van der Waals surface area contributed by atoms with Gasteiger partial charge in [-0.1, -0.05) is 11.6 Å². The Morgan fingerprint density at radius 3 is 2.94 bits per heavy atom. The highest BCUT2D eigenvalue weighted by Gasteiger charge is 2.25. The summed E-state index contributed by atoms with van der Waals surface area (Å²) in [6, 6.07) is 2.65. The highest BCUT2D eigenvalue weighted by Crippen LogP contribution is 2.25. The number of ether oxygens (including phenoxy) is 1. The van der Waals surface area contributed by atoms with E-state index in [9.17, 15) is 0 Å². The van der Waals surface area contributed by atoms with Crippen LogP contribution in [-0.4, -0.2) is 43.2 Å². The molecule has 2 rings (SSSR count). The molecule has 4 nitrogen and oxygen atoms in total. The highest BCUT2D eigenvalue weighted by molar-refractivity contribution is 6.31. The van der Waals surface area contributed by atoms with Crippen LogP contribution >= 0.6 is 11.6 Å². The summed E-state index contributed by atoms with van der Waals surface area (Å²) in [6.45, 7) is 2.31. The van der Waals surface area contributed by atoms with Gasteiger partial charge in [0.1, 0.15) is 11.6 Å². The average Bonchev–Trinajstić information content (AvgIpc) is 3.16. The van der Waals surface area contributed by atoms with Crippen molar-refractivity contribution in [1.29, 1.82) is 0 Å². The van der Waals surface area contributed by atoms with Gasteiger partial charge >= 0.3 is 0 Å². The second kappa shape index (κ2) is 6.36. The molecule has 1 saturated carbocycles. The standard InChI is InChI=1S/C13H20ClN3O/c1-15-8-10-7-12(14)13(16-9-10)18-6-5-17(2)11-3-4-11/h7,9,11,15H,3-6,8H2,1-2H3. The van der Waals surface area contributed by atoms with Gasteiger partial charge in [0.05, 0.1) is 0 Å². The van der Waals surface area contributed by atoms with Crippen molar-refractivity contribution in [2.45, 2.75) is 25.4 Å². The van der Waals surface area contributed by atoms with Gasteiger partial charge in [-0.15, -0.1) is 0 Å². The van der Waals surface area contributed by atoms with E-state index in [0.29, 0.717) is 17.5 Å². The smallest absolute Gasteiger partial charge is 0.232 e. The maximum absolute atomic E-state index is 6.13. The van der Waals surface area contributed by atoms with Crippen LogP contribution in [0.2, 0.25) is 5.02 Å². The minimum atomic E-state index is 0.528. The summed E-state index contributed by atoms with van der Waals surface area (Å²) in [6.07, 6.45) is 4.42. The largest absolute Gasteiger partial charge is 0.475 e. The number of nitrogens with zero attached hydrogens (tertiary/aromatic N) is 2. The molecule has 1 N–H and O–H groups in total. The van der Waals surface area contributed by atoms with E-state index in [2.05, 4.69) is 22.2 Å². The number of halogens is 1. The molecule has 0 radical (unpaired) electrons. The molecule has 1 aromatic rings. The summed E-state index contributed by atoms with van der Waals surface area (Å²) >= 11 is 6.13. The Balaban J connectivity index is 1.81. The van der Waals surface area contributed by atoms with Crippen molar-refractivity contribution in [3.05, 3.63) is 22.8 Å². The molecule has 0 aliphatic heterocycles. The second-order valence-corrected chi connectivity index (χ2v) is 5.13. The molecule has 0 bridgehead atoms. The lowest BCUT2D eigenvalue weighted by Crippen LogP contribution is -2.26. The summed E-state index contributed by atoms with van der Waals surface area (Å²) < 4.78 is 5.61. The number of likely N-dealkylation sites (N-methyl/N-ethyl adjacent to an activating group) is 1. The van der Waals surface area contributed by atoms with Gasteiger partial charge in [-0.2, -0.15) is 0 Å². The minimum absolute atomic E-state index is 0.528. The number of hydrogen-bond acceptors (Lipinski definition) is 4. The molecule has 0 amide bonds. The molecule has 5 heteroatoms. The van der Waals surface area contributed by atoms with Crippen molar-refractivity contribution < 1.29 is 4.74 Å². The van der Waals surface area contributed by atoms with Crippen LogP contribution in [0.15, 0.2) is 12.3 Å². The number of aromatic nitrogens is 1. The van der Waals surface area contributed by atoms with Crippen molar-refractivity contribution >= 4 is 11.6 Å². The van der Waals surface area contributed by atoms with Crippen molar-refractivity contribution in [1.82, 2.24) is 15.2 Å². The Hall–Kier alpha value is -0.840. The maximum atomic E-state index is 6.13. The van der Waals surface area contributed by atoms with E-state index < -0.39 is 0 Å². The second-order valence-electron chi connectivity index (χ2n) is 4.72. The van der Waals surface area contributed by atoms with E-state index in [1.165, 1.54) is 12.8 Å². The van der Waals surface area contributed by atoms with Crippen molar-refractivity contribution in [2.75, 3.05) is 27.2 Å². The fourth-order valence-electron chi connectivity index (χ4n) is 1.86. The van der Waals surface area contributed by atoms with E-state index >= 15 is 0 Å². The van der Waals surface area contributed by atoms with E-state index in [0.717, 1.165) is 24.7 Å². The van der Waals surface area contributed by atoms with Crippen LogP contribution in [0.4, 0.5) is 0 Å². The number of rotatable bonds is 7. The van der Waals surface area contributed by atoms with Crippen LogP contribution in [0.25, 0.3) is 0 Å². The minimum Gasteiger partial charge on any atom is -0.475 e. The fraction of sp³-hybridized carbons (Fsp3) is 0.615. The van der Waals surface area contributed by atoms with Crippen molar-refractivity contribution in [2.24, 2.45) is 0 Å². The summed E-state index contributed by atoms with van der Waals surface area (Å²) in [5.74, 6) is 0.528. The third kappa shape index (κ3) is 3.83. The first-order valence-electron chi connectivity index (χ1n) is 6.32. The zero-order valence-electron chi connectivity index (χ0n) is 10.9. The van der Waals surface area contributed by atoms with Crippen LogP contribution in [0.1, 0.15) is 18.4 Å². The van der Waals surface area contributed by atoms with Gasteiger partial charge in [0.25, 0.3) is 0 Å². The Morgan fingerprint density at radius 1 is 1.56 bits per heavy atom. The lowest BCUT2D eigenvalue weighted by Gasteiger charge is -2.16. The third-order valence-electron chi connectivity index (χ3n) is 3.10. The van der Waals surface area contributed by atoms with Crippen LogP contribution in [0, 0.1) is 0 Å². The lowest BCUT2D eigenvalue weighted by atomic mass is 10.3. The van der Waals surface area contributed by atoms with Crippen LogP contribution in [0.5, 0.6) is 5.88 Å². The van der Waals surface area contributed by atoms with Gasteiger partial charge in [-0.3, -0.25) is 0 Å². The summed E-state index contributed by atoms with van der Waals surface area (Å²) in [5.41, 5.74) is 1.06. The molecule has 0 saturated heterocycles. The van der Waals surface area contributed by atoms with E-state index in [1.54, 1.807) is 6.20 Å². The third-order valence-corrected chi connectivity index (χ3v) is 3.37. The summed E-state index contributed by atoms with van der Waals surface area (Å²) in [7, 11) is 4.03. The van der Waals surface area contributed by atoms with Gasteiger partial charge in [0.2, 0.25) is 5.88 Å². The zero-order valence-corrected chi connectivity index (χ0v) is 11.7. The molecule has 0 atom stereocenters. The maximum Gasteiger partial charge on any atom is 0.232 e. The normalized spacial score (nSPS) is 15.1. The van der Waals surface area contributed by atoms with Crippen LogP contribution < -0.4 is 10.1 Å².